The minimum atomic E-state index is -1.24. The van der Waals surface area contributed by atoms with E-state index in [1.807, 2.05) is 75.2 Å². The summed E-state index contributed by atoms with van der Waals surface area (Å²) in [5.74, 6) is -1.18. The molecule has 3 amide bonds. The summed E-state index contributed by atoms with van der Waals surface area (Å²) in [6.07, 6.45) is -2.05. The molecule has 3 aromatic rings. The van der Waals surface area contributed by atoms with Crippen molar-refractivity contribution in [3.8, 4) is 0 Å². The van der Waals surface area contributed by atoms with Gasteiger partial charge < -0.3 is 20.8 Å². The van der Waals surface area contributed by atoms with E-state index in [9.17, 15) is 29.0 Å². The van der Waals surface area contributed by atoms with Crippen molar-refractivity contribution in [2.45, 2.75) is 104 Å². The van der Waals surface area contributed by atoms with E-state index in [0.717, 1.165) is 21.0 Å². The third-order valence-electron chi connectivity index (χ3n) is 9.09. The Morgan fingerprint density at radius 2 is 1.69 bits per heavy atom. The summed E-state index contributed by atoms with van der Waals surface area (Å²) in [6.45, 7) is 15.4. The zero-order valence-electron chi connectivity index (χ0n) is 31.4. The van der Waals surface area contributed by atoms with Crippen molar-refractivity contribution >= 4 is 29.2 Å². The molecule has 0 unspecified atom stereocenters. The number of nitrogens with one attached hydrogen (secondary N) is 2. The summed E-state index contributed by atoms with van der Waals surface area (Å²) in [7, 11) is 0. The second-order valence-corrected chi connectivity index (χ2v) is 16.3. The van der Waals surface area contributed by atoms with Gasteiger partial charge in [0.05, 0.1) is 29.4 Å². The van der Waals surface area contributed by atoms with Crippen molar-refractivity contribution < 1.29 is 29.0 Å². The number of hydrogen-bond acceptors (Lipinski definition) is 8. The van der Waals surface area contributed by atoms with Crippen LogP contribution in [0.2, 0.25) is 0 Å². The molecule has 0 saturated carbocycles. The van der Waals surface area contributed by atoms with Crippen LogP contribution in [0.1, 0.15) is 76.2 Å². The maximum absolute atomic E-state index is 14.1. The normalized spacial score (nSPS) is 17.5. The van der Waals surface area contributed by atoms with E-state index in [-0.39, 0.29) is 36.6 Å². The highest BCUT2D eigenvalue weighted by Crippen LogP contribution is 2.23. The van der Waals surface area contributed by atoms with E-state index in [0.29, 0.717) is 38.3 Å². The predicted molar refractivity (Wildman–Crippen MR) is 201 cm³/mol. The summed E-state index contributed by atoms with van der Waals surface area (Å²) >= 11 is 1.46. The van der Waals surface area contributed by atoms with Gasteiger partial charge in [0.1, 0.15) is 17.9 Å². The van der Waals surface area contributed by atoms with Crippen LogP contribution in [0.25, 0.3) is 0 Å². The summed E-state index contributed by atoms with van der Waals surface area (Å²) in [5.41, 5.74) is 1.91. The van der Waals surface area contributed by atoms with E-state index in [1.165, 1.54) is 23.5 Å². The molecule has 284 valence electrons. The zero-order chi connectivity index (χ0) is 38.2. The van der Waals surface area contributed by atoms with Crippen molar-refractivity contribution in [1.29, 1.82) is 0 Å². The fraction of sp³-hybridized carbons (Fsp3) is 0.538. The maximum Gasteiger partial charge on any atom is 0.408 e. The Bertz CT molecular complexity index is 1610. The molecule has 4 rings (SSSR count). The Kier molecular flexibility index (Phi) is 14.3. The molecule has 1 saturated heterocycles. The first-order valence-corrected chi connectivity index (χ1v) is 18.9. The number of hydrogen-bond donors (Lipinski definition) is 4. The molecule has 2 aromatic carbocycles. The van der Waals surface area contributed by atoms with Gasteiger partial charge in [-0.3, -0.25) is 24.3 Å². The predicted octanol–water partition coefficient (Wildman–Crippen LogP) is 5.10. The van der Waals surface area contributed by atoms with Gasteiger partial charge >= 0.3 is 6.09 Å². The van der Waals surface area contributed by atoms with Gasteiger partial charge in [-0.1, -0.05) is 70.2 Å². The lowest BCUT2D eigenvalue weighted by molar-refractivity contribution is -0.133. The number of carbonyl (C=O) groups is 3. The van der Waals surface area contributed by atoms with E-state index in [4.69, 9.17) is 0 Å². The molecular formula is C39H55FN6O5S. The van der Waals surface area contributed by atoms with Gasteiger partial charge in [-0.25, -0.2) is 14.2 Å². The first-order valence-electron chi connectivity index (χ1n) is 18.0. The average molecular weight is 739 g/mol. The van der Waals surface area contributed by atoms with Crippen LogP contribution in [0.3, 0.4) is 0 Å². The van der Waals surface area contributed by atoms with Crippen molar-refractivity contribution in [2.75, 3.05) is 26.2 Å². The Morgan fingerprint density at radius 1 is 1.02 bits per heavy atom. The standard InChI is InChI=1S/C39H55FN6O5S/c1-25(2)34(46(38(50)51)21-30-24-52-37(41-30)26(3)4)36(49)42-31(19-27-11-9-8-10-12-27)33(47)23-45-18-17-44(20-28-13-15-29(40)16-14-28)22-32(45)35(48)43-39(5,6)7/h8-16,24-26,31-34,47H,17-23H2,1-7H3,(H,42,49)(H,43,48)(H,50,51)/t31-,32-,33-,34-/m0/s1. The number of aliphatic hydroxyl groups is 1. The summed E-state index contributed by atoms with van der Waals surface area (Å²) < 4.78 is 13.6. The minimum Gasteiger partial charge on any atom is -0.465 e. The second-order valence-electron chi connectivity index (χ2n) is 15.4. The van der Waals surface area contributed by atoms with E-state index >= 15 is 0 Å². The number of β-amino-alcohol motifs (C(OH)–C–C–N with tert-alkyl or cyclic N) is 1. The maximum atomic E-state index is 14.1. The topological polar surface area (TPSA) is 138 Å². The number of carboxylic acid groups (broad SMARTS) is 1. The number of thiazole rings is 1. The van der Waals surface area contributed by atoms with Gasteiger partial charge in [-0.15, -0.1) is 11.3 Å². The third kappa shape index (κ3) is 11.8. The lowest BCUT2D eigenvalue weighted by atomic mass is 9.97. The van der Waals surface area contributed by atoms with Crippen LogP contribution < -0.4 is 10.6 Å². The molecule has 4 N–H and O–H groups in total. The molecule has 0 aliphatic carbocycles. The molecule has 1 aliphatic heterocycles. The van der Waals surface area contributed by atoms with Crippen LogP contribution in [0.4, 0.5) is 9.18 Å². The van der Waals surface area contributed by atoms with Gasteiger partial charge in [-0.2, -0.15) is 0 Å². The van der Waals surface area contributed by atoms with Gasteiger partial charge in [0.2, 0.25) is 11.8 Å². The Labute approximate surface area is 311 Å². The highest BCUT2D eigenvalue weighted by molar-refractivity contribution is 7.09. The molecule has 4 atom stereocenters. The number of piperazine rings is 1. The minimum absolute atomic E-state index is 0.0481. The van der Waals surface area contributed by atoms with Crippen LogP contribution in [-0.2, 0) is 29.1 Å². The number of aromatic nitrogens is 1. The van der Waals surface area contributed by atoms with Crippen molar-refractivity contribution in [1.82, 2.24) is 30.3 Å². The van der Waals surface area contributed by atoms with Crippen LogP contribution in [-0.4, -0.2) is 104 Å². The van der Waals surface area contributed by atoms with Crippen molar-refractivity contribution in [2.24, 2.45) is 5.92 Å². The largest absolute Gasteiger partial charge is 0.465 e. The third-order valence-corrected chi connectivity index (χ3v) is 10.3. The van der Waals surface area contributed by atoms with Gasteiger partial charge in [0, 0.05) is 49.6 Å². The number of rotatable bonds is 15. The number of halogens is 1. The van der Waals surface area contributed by atoms with Crippen LogP contribution >= 0.6 is 11.3 Å². The molecule has 13 heteroatoms. The van der Waals surface area contributed by atoms with E-state index in [2.05, 4.69) is 20.5 Å². The lowest BCUT2D eigenvalue weighted by Gasteiger charge is -2.43. The quantitative estimate of drug-likeness (QED) is 0.169. The summed E-state index contributed by atoms with van der Waals surface area (Å²) in [4.78, 5) is 50.3. The van der Waals surface area contributed by atoms with Crippen LogP contribution in [0.15, 0.2) is 60.0 Å². The van der Waals surface area contributed by atoms with Gasteiger partial charge in [-0.05, 0) is 56.4 Å². The first-order chi connectivity index (χ1) is 24.5. The number of benzene rings is 2. The number of carbonyl (C=O) groups excluding carboxylic acids is 2. The van der Waals surface area contributed by atoms with Crippen LogP contribution in [0, 0.1) is 11.7 Å². The fourth-order valence-electron chi connectivity index (χ4n) is 6.50. The number of aliphatic hydroxyl groups excluding tert-OH is 1. The summed E-state index contributed by atoms with van der Waals surface area (Å²) in [5, 5.41) is 31.1. The molecule has 1 aromatic heterocycles. The van der Waals surface area contributed by atoms with E-state index < -0.39 is 41.8 Å². The molecule has 1 aliphatic rings. The summed E-state index contributed by atoms with van der Waals surface area (Å²) in [6, 6.07) is 13.4. The zero-order valence-corrected chi connectivity index (χ0v) is 32.2. The molecule has 1 fully saturated rings. The van der Waals surface area contributed by atoms with Crippen molar-refractivity contribution in [3.63, 3.8) is 0 Å². The fourth-order valence-corrected chi connectivity index (χ4v) is 7.33. The van der Waals surface area contributed by atoms with E-state index in [1.54, 1.807) is 26.0 Å². The van der Waals surface area contributed by atoms with Gasteiger partial charge in [0.15, 0.2) is 0 Å². The lowest BCUT2D eigenvalue weighted by Crippen LogP contribution is -2.63. The van der Waals surface area contributed by atoms with Crippen LogP contribution in [0.5, 0.6) is 0 Å². The Hall–Kier alpha value is -3.91. The highest BCUT2D eigenvalue weighted by atomic mass is 32.1. The first kappa shape index (κ1) is 40.9. The highest BCUT2D eigenvalue weighted by Gasteiger charge is 2.38. The molecule has 2 heterocycles. The number of amides is 3. The van der Waals surface area contributed by atoms with Gasteiger partial charge in [0.25, 0.3) is 0 Å². The second kappa shape index (κ2) is 18.2. The Morgan fingerprint density at radius 3 is 2.27 bits per heavy atom. The molecule has 11 nitrogen and oxygen atoms in total. The Balaban J connectivity index is 1.56. The number of nitrogens with zero attached hydrogens (tertiary/aromatic N) is 4. The average Bonchev–Trinajstić information content (AvgIpc) is 3.54. The molecule has 0 spiro atoms. The molecule has 0 radical (unpaired) electrons. The molecule has 0 bridgehead atoms. The SMILES string of the molecule is CC(C)c1nc(CN(C(=O)O)[C@H](C(=O)N[C@@H](Cc2ccccc2)[C@@H](O)CN2CCN(Cc3ccc(F)cc3)C[C@H]2C(=O)NC(C)(C)C)C(C)C)cs1. The monoisotopic (exact) mass is 738 g/mol. The van der Waals surface area contributed by atoms with Crippen molar-refractivity contribution in [3.05, 3.63) is 87.6 Å². The molecule has 52 heavy (non-hydrogen) atoms. The smallest absolute Gasteiger partial charge is 0.408 e. The molecular weight excluding hydrogens is 684 g/mol.